The third-order valence-electron chi connectivity index (χ3n) is 3.48. The highest BCUT2D eigenvalue weighted by atomic mass is 16.6. The molecule has 4 heteroatoms. The highest BCUT2D eigenvalue weighted by Crippen LogP contribution is 2.32. The largest absolute Gasteiger partial charge is 0.415 e. The zero-order valence-electron chi connectivity index (χ0n) is 12.8. The third-order valence-corrected chi connectivity index (χ3v) is 3.48. The van der Waals surface area contributed by atoms with Gasteiger partial charge in [0.15, 0.2) is 6.29 Å². The number of amides is 1. The summed E-state index contributed by atoms with van der Waals surface area (Å²) in [6.07, 6.45) is 0.416. The monoisotopic (exact) mass is 297 g/mol. The van der Waals surface area contributed by atoms with E-state index in [4.69, 9.17) is 4.74 Å². The van der Waals surface area contributed by atoms with Crippen LogP contribution in [0.5, 0.6) is 5.75 Å². The molecule has 0 fully saturated rings. The fraction of sp³-hybridized carbons (Fsp3) is 0.222. The van der Waals surface area contributed by atoms with E-state index in [2.05, 4.69) is 0 Å². The van der Waals surface area contributed by atoms with E-state index >= 15 is 0 Å². The predicted molar refractivity (Wildman–Crippen MR) is 86.2 cm³/mol. The first-order chi connectivity index (χ1) is 10.7. The van der Waals surface area contributed by atoms with E-state index in [1.807, 2.05) is 38.1 Å². The van der Waals surface area contributed by atoms with Crippen LogP contribution in [0.1, 0.15) is 24.2 Å². The molecule has 0 N–H and O–H groups in total. The number of para-hydroxylation sites is 1. The highest BCUT2D eigenvalue weighted by molar-refractivity contribution is 5.90. The Morgan fingerprint density at radius 3 is 2.23 bits per heavy atom. The van der Waals surface area contributed by atoms with Crippen LogP contribution < -0.4 is 4.74 Å². The molecule has 0 aliphatic rings. The van der Waals surface area contributed by atoms with Crippen LogP contribution in [0.15, 0.2) is 48.5 Å². The van der Waals surface area contributed by atoms with Gasteiger partial charge in [0.25, 0.3) is 0 Å². The second-order valence-electron chi connectivity index (χ2n) is 4.74. The van der Waals surface area contributed by atoms with Crippen molar-refractivity contribution < 1.29 is 14.3 Å². The van der Waals surface area contributed by atoms with Gasteiger partial charge in [-0.15, -0.1) is 0 Å². The van der Waals surface area contributed by atoms with Gasteiger partial charge in [-0.1, -0.05) is 42.5 Å². The van der Waals surface area contributed by atoms with Crippen molar-refractivity contribution in [1.82, 2.24) is 4.90 Å². The van der Waals surface area contributed by atoms with Crippen LogP contribution in [0.4, 0.5) is 4.79 Å². The SMILES string of the molecule is CCN(CC)C(=O)Oc1ccccc1-c1ccccc1C=O. The second-order valence-corrected chi connectivity index (χ2v) is 4.74. The van der Waals surface area contributed by atoms with Crippen molar-refractivity contribution in [2.75, 3.05) is 13.1 Å². The highest BCUT2D eigenvalue weighted by Gasteiger charge is 2.16. The summed E-state index contributed by atoms with van der Waals surface area (Å²) in [6.45, 7) is 4.97. The van der Waals surface area contributed by atoms with E-state index in [1.54, 1.807) is 29.2 Å². The summed E-state index contributed by atoms with van der Waals surface area (Å²) in [6, 6.07) is 14.5. The lowest BCUT2D eigenvalue weighted by molar-refractivity contribution is 0.112. The van der Waals surface area contributed by atoms with Gasteiger partial charge in [0.1, 0.15) is 5.75 Å². The summed E-state index contributed by atoms with van der Waals surface area (Å²) < 4.78 is 5.51. The number of hydrogen-bond donors (Lipinski definition) is 0. The van der Waals surface area contributed by atoms with Gasteiger partial charge in [-0.2, -0.15) is 0 Å². The van der Waals surface area contributed by atoms with Gasteiger partial charge < -0.3 is 9.64 Å². The molecule has 2 aromatic rings. The molecule has 0 aliphatic heterocycles. The number of carbonyl (C=O) groups is 2. The molecule has 0 atom stereocenters. The Hall–Kier alpha value is -2.62. The maximum atomic E-state index is 12.1. The van der Waals surface area contributed by atoms with Crippen LogP contribution in [0.2, 0.25) is 0 Å². The molecule has 22 heavy (non-hydrogen) atoms. The topological polar surface area (TPSA) is 46.6 Å². The quantitative estimate of drug-likeness (QED) is 0.783. The normalized spacial score (nSPS) is 10.1. The standard InChI is InChI=1S/C18H19NO3/c1-3-19(4-2)18(21)22-17-12-8-7-11-16(17)15-10-6-5-9-14(15)13-20/h5-13H,3-4H2,1-2H3. The van der Waals surface area contributed by atoms with Gasteiger partial charge in [0.05, 0.1) is 0 Å². The summed E-state index contributed by atoms with van der Waals surface area (Å²) in [5.41, 5.74) is 2.04. The van der Waals surface area contributed by atoms with Gasteiger partial charge in [-0.05, 0) is 25.5 Å². The van der Waals surface area contributed by atoms with E-state index in [1.165, 1.54) is 0 Å². The third kappa shape index (κ3) is 3.34. The van der Waals surface area contributed by atoms with Crippen LogP contribution in [0, 0.1) is 0 Å². The lowest BCUT2D eigenvalue weighted by Gasteiger charge is -2.19. The molecule has 0 unspecified atom stereocenters. The van der Waals surface area contributed by atoms with Crippen LogP contribution >= 0.6 is 0 Å². The van der Waals surface area contributed by atoms with Crippen LogP contribution in [0.25, 0.3) is 11.1 Å². The van der Waals surface area contributed by atoms with Gasteiger partial charge in [0.2, 0.25) is 0 Å². The van der Waals surface area contributed by atoms with Gasteiger partial charge >= 0.3 is 6.09 Å². The van der Waals surface area contributed by atoms with Crippen molar-refractivity contribution in [3.8, 4) is 16.9 Å². The number of nitrogens with zero attached hydrogens (tertiary/aromatic N) is 1. The number of benzene rings is 2. The summed E-state index contributed by atoms with van der Waals surface area (Å²) in [5.74, 6) is 0.452. The van der Waals surface area contributed by atoms with Crippen LogP contribution in [-0.2, 0) is 0 Å². The number of hydrogen-bond acceptors (Lipinski definition) is 3. The molecule has 2 rings (SSSR count). The second kappa shape index (κ2) is 7.41. The Balaban J connectivity index is 2.39. The molecule has 0 bridgehead atoms. The summed E-state index contributed by atoms with van der Waals surface area (Å²) in [5, 5.41) is 0. The molecule has 0 saturated heterocycles. The molecule has 0 heterocycles. The van der Waals surface area contributed by atoms with Gasteiger partial charge in [-0.25, -0.2) is 4.79 Å². The Morgan fingerprint density at radius 1 is 1.00 bits per heavy atom. The molecule has 0 spiro atoms. The average molecular weight is 297 g/mol. The molecule has 1 amide bonds. The number of rotatable bonds is 5. The Morgan fingerprint density at radius 2 is 1.59 bits per heavy atom. The molecule has 0 aliphatic carbocycles. The number of carbonyl (C=O) groups excluding carboxylic acids is 2. The minimum Gasteiger partial charge on any atom is -0.410 e. The van der Waals surface area contributed by atoms with E-state index in [0.29, 0.717) is 24.4 Å². The summed E-state index contributed by atoms with van der Waals surface area (Å²) in [4.78, 5) is 25.0. The molecular formula is C18H19NO3. The van der Waals surface area contributed by atoms with E-state index in [0.717, 1.165) is 17.4 Å². The Bertz CT molecular complexity index is 663. The van der Waals surface area contributed by atoms with E-state index < -0.39 is 0 Å². The van der Waals surface area contributed by atoms with Crippen molar-refractivity contribution in [2.45, 2.75) is 13.8 Å². The molecule has 0 aromatic heterocycles. The first kappa shape index (κ1) is 15.8. The maximum Gasteiger partial charge on any atom is 0.415 e. The first-order valence-corrected chi connectivity index (χ1v) is 7.31. The van der Waals surface area contributed by atoms with Crippen molar-refractivity contribution in [3.63, 3.8) is 0 Å². The summed E-state index contributed by atoms with van der Waals surface area (Å²) >= 11 is 0. The van der Waals surface area contributed by atoms with Crippen molar-refractivity contribution >= 4 is 12.4 Å². The summed E-state index contributed by atoms with van der Waals surface area (Å²) in [7, 11) is 0. The van der Waals surface area contributed by atoms with Crippen LogP contribution in [0.3, 0.4) is 0 Å². The molecule has 4 nitrogen and oxygen atoms in total. The van der Waals surface area contributed by atoms with E-state index in [9.17, 15) is 9.59 Å². The molecular weight excluding hydrogens is 278 g/mol. The minimum atomic E-state index is -0.388. The minimum absolute atomic E-state index is 0.388. The number of aldehydes is 1. The van der Waals surface area contributed by atoms with Gasteiger partial charge in [0, 0.05) is 24.2 Å². The average Bonchev–Trinajstić information content (AvgIpc) is 2.56. The molecule has 0 radical (unpaired) electrons. The van der Waals surface area contributed by atoms with Crippen LogP contribution in [-0.4, -0.2) is 30.4 Å². The number of ether oxygens (including phenoxy) is 1. The van der Waals surface area contributed by atoms with Gasteiger partial charge in [-0.3, -0.25) is 4.79 Å². The lowest BCUT2D eigenvalue weighted by Crippen LogP contribution is -2.33. The fourth-order valence-corrected chi connectivity index (χ4v) is 2.26. The molecule has 2 aromatic carbocycles. The Labute approximate surface area is 130 Å². The molecule has 0 saturated carbocycles. The fourth-order valence-electron chi connectivity index (χ4n) is 2.26. The Kier molecular flexibility index (Phi) is 5.31. The molecule has 114 valence electrons. The van der Waals surface area contributed by atoms with Crippen molar-refractivity contribution in [1.29, 1.82) is 0 Å². The van der Waals surface area contributed by atoms with Crippen molar-refractivity contribution in [2.24, 2.45) is 0 Å². The lowest BCUT2D eigenvalue weighted by atomic mass is 10.00. The maximum absolute atomic E-state index is 12.1. The zero-order valence-corrected chi connectivity index (χ0v) is 12.8. The first-order valence-electron chi connectivity index (χ1n) is 7.31. The zero-order chi connectivity index (χ0) is 15.9. The van der Waals surface area contributed by atoms with Crippen molar-refractivity contribution in [3.05, 3.63) is 54.1 Å². The smallest absolute Gasteiger partial charge is 0.410 e. The predicted octanol–water partition coefficient (Wildman–Crippen LogP) is 4.01. The van der Waals surface area contributed by atoms with E-state index in [-0.39, 0.29) is 6.09 Å².